The summed E-state index contributed by atoms with van der Waals surface area (Å²) >= 11 is 5.95. The summed E-state index contributed by atoms with van der Waals surface area (Å²) in [7, 11) is -3.82. The number of nitrogens with zero attached hydrogens (tertiary/aromatic N) is 3. The zero-order valence-corrected chi connectivity index (χ0v) is 19.8. The lowest BCUT2D eigenvalue weighted by Crippen LogP contribution is -2.40. The Labute approximate surface area is 198 Å². The van der Waals surface area contributed by atoms with E-state index in [1.807, 2.05) is 24.3 Å². The highest BCUT2D eigenvalue weighted by Gasteiger charge is 2.29. The lowest BCUT2D eigenvalue weighted by Gasteiger charge is -2.26. The fraction of sp³-hybridized carbons (Fsp3) is 0.435. The Morgan fingerprint density at radius 1 is 0.970 bits per heavy atom. The van der Waals surface area contributed by atoms with E-state index in [0.29, 0.717) is 37.9 Å². The fourth-order valence-corrected chi connectivity index (χ4v) is 5.68. The second kappa shape index (κ2) is 10.5. The Balaban J connectivity index is 1.46. The van der Waals surface area contributed by atoms with Crippen LogP contribution >= 0.6 is 11.6 Å². The molecule has 10 heteroatoms. The summed E-state index contributed by atoms with van der Waals surface area (Å²) in [4.78, 5) is 16.9. The van der Waals surface area contributed by atoms with E-state index in [1.165, 1.54) is 16.4 Å². The van der Waals surface area contributed by atoms with E-state index in [1.54, 1.807) is 4.90 Å². The van der Waals surface area contributed by atoms with Gasteiger partial charge in [-0.1, -0.05) is 23.7 Å². The van der Waals surface area contributed by atoms with Gasteiger partial charge in [-0.3, -0.25) is 9.69 Å². The second-order valence-corrected chi connectivity index (χ2v) is 10.6. The first kappa shape index (κ1) is 24.1. The molecule has 33 heavy (non-hydrogen) atoms. The molecule has 0 N–H and O–H groups in total. The summed E-state index contributed by atoms with van der Waals surface area (Å²) in [6, 6.07) is 11.1. The van der Waals surface area contributed by atoms with Gasteiger partial charge < -0.3 is 9.64 Å². The Bertz CT molecular complexity index is 1090. The van der Waals surface area contributed by atoms with Gasteiger partial charge in [-0.15, -0.1) is 0 Å². The first-order valence-electron chi connectivity index (χ1n) is 11.0. The van der Waals surface area contributed by atoms with Crippen LogP contribution in [0.15, 0.2) is 47.4 Å². The maximum Gasteiger partial charge on any atom is 0.256 e. The van der Waals surface area contributed by atoms with E-state index >= 15 is 0 Å². The smallest absolute Gasteiger partial charge is 0.256 e. The summed E-state index contributed by atoms with van der Waals surface area (Å²) in [6.07, 6.45) is 0.743. The van der Waals surface area contributed by atoms with Crippen LogP contribution in [0.5, 0.6) is 0 Å². The number of rotatable bonds is 5. The van der Waals surface area contributed by atoms with Crippen LogP contribution in [0.2, 0.25) is 5.02 Å². The SMILES string of the molecule is O=C(c1cc(S(=O)(=O)N2CCOCC2)ccc1F)N1CCCN(Cc2ccc(Cl)cc2)CC1. The number of amides is 1. The van der Waals surface area contributed by atoms with Gasteiger partial charge >= 0.3 is 0 Å². The van der Waals surface area contributed by atoms with Crippen LogP contribution in [-0.2, 0) is 21.3 Å². The predicted molar refractivity (Wildman–Crippen MR) is 123 cm³/mol. The van der Waals surface area contributed by atoms with Crippen LogP contribution in [0.25, 0.3) is 0 Å². The van der Waals surface area contributed by atoms with E-state index in [0.717, 1.165) is 31.1 Å². The van der Waals surface area contributed by atoms with Gasteiger partial charge in [0.15, 0.2) is 0 Å². The van der Waals surface area contributed by atoms with Crippen molar-refractivity contribution in [2.45, 2.75) is 17.9 Å². The third kappa shape index (κ3) is 5.73. The highest BCUT2D eigenvalue weighted by molar-refractivity contribution is 7.89. The quantitative estimate of drug-likeness (QED) is 0.638. The van der Waals surface area contributed by atoms with Gasteiger partial charge in [0.1, 0.15) is 5.82 Å². The lowest BCUT2D eigenvalue weighted by molar-refractivity contribution is 0.0729. The zero-order chi connectivity index (χ0) is 23.4. The van der Waals surface area contributed by atoms with Gasteiger partial charge in [0, 0.05) is 50.8 Å². The number of halogens is 2. The Hall–Kier alpha value is -2.04. The van der Waals surface area contributed by atoms with E-state index in [4.69, 9.17) is 16.3 Å². The molecule has 2 aromatic carbocycles. The number of ether oxygens (including phenoxy) is 1. The standard InChI is InChI=1S/C23H27ClFN3O4S/c24-19-4-2-18(3-5-19)17-26-8-1-9-27(11-10-26)23(29)21-16-20(6-7-22(21)25)33(30,31)28-12-14-32-15-13-28/h2-7,16H,1,8-15,17H2. The number of morpholine rings is 1. The van der Waals surface area contributed by atoms with E-state index in [2.05, 4.69) is 4.90 Å². The molecule has 0 aromatic heterocycles. The maximum absolute atomic E-state index is 14.6. The normalized spacial score (nSPS) is 18.8. The van der Waals surface area contributed by atoms with E-state index in [-0.39, 0.29) is 23.5 Å². The Morgan fingerprint density at radius 3 is 2.42 bits per heavy atom. The fourth-order valence-electron chi connectivity index (χ4n) is 4.12. The van der Waals surface area contributed by atoms with Crippen molar-refractivity contribution >= 4 is 27.5 Å². The zero-order valence-electron chi connectivity index (χ0n) is 18.3. The topological polar surface area (TPSA) is 70.2 Å². The van der Waals surface area contributed by atoms with Crippen LogP contribution in [0.4, 0.5) is 4.39 Å². The predicted octanol–water partition coefficient (Wildman–Crippen LogP) is 2.85. The van der Waals surface area contributed by atoms with Gasteiger partial charge in [-0.25, -0.2) is 12.8 Å². The van der Waals surface area contributed by atoms with Crippen LogP contribution < -0.4 is 0 Å². The van der Waals surface area contributed by atoms with Gasteiger partial charge in [0.25, 0.3) is 5.91 Å². The van der Waals surface area contributed by atoms with Crippen molar-refractivity contribution in [2.75, 3.05) is 52.5 Å². The molecule has 7 nitrogen and oxygen atoms in total. The minimum atomic E-state index is -3.82. The molecule has 0 unspecified atom stereocenters. The van der Waals surface area contributed by atoms with Gasteiger partial charge in [-0.2, -0.15) is 4.31 Å². The summed E-state index contributed by atoms with van der Waals surface area (Å²) in [5.41, 5.74) is 0.918. The number of hydrogen-bond acceptors (Lipinski definition) is 5. The highest BCUT2D eigenvalue weighted by Crippen LogP contribution is 2.22. The minimum absolute atomic E-state index is 0.0756. The number of benzene rings is 2. The molecule has 1 amide bonds. The summed E-state index contributed by atoms with van der Waals surface area (Å²) in [5, 5.41) is 0.686. The molecule has 2 fully saturated rings. The molecule has 0 bridgehead atoms. The van der Waals surface area contributed by atoms with Crippen LogP contribution in [0.3, 0.4) is 0 Å². The summed E-state index contributed by atoms with van der Waals surface area (Å²) < 4.78 is 47.0. The molecule has 0 spiro atoms. The molecule has 2 heterocycles. The largest absolute Gasteiger partial charge is 0.379 e. The van der Waals surface area contributed by atoms with Crippen LogP contribution in [0.1, 0.15) is 22.3 Å². The third-order valence-corrected chi connectivity index (χ3v) is 8.12. The number of sulfonamides is 1. The molecular weight excluding hydrogens is 469 g/mol. The lowest BCUT2D eigenvalue weighted by atomic mass is 10.2. The molecule has 178 valence electrons. The summed E-state index contributed by atoms with van der Waals surface area (Å²) in [5.74, 6) is -1.21. The van der Waals surface area contributed by atoms with Crippen molar-refractivity contribution in [3.05, 3.63) is 64.4 Å². The molecule has 0 radical (unpaired) electrons. The third-order valence-electron chi connectivity index (χ3n) is 5.97. The van der Waals surface area contributed by atoms with Crippen molar-refractivity contribution in [1.29, 1.82) is 0 Å². The number of carbonyl (C=O) groups is 1. The maximum atomic E-state index is 14.6. The van der Waals surface area contributed by atoms with Gasteiger partial charge in [0.2, 0.25) is 10.0 Å². The monoisotopic (exact) mass is 495 g/mol. The van der Waals surface area contributed by atoms with Crippen molar-refractivity contribution in [2.24, 2.45) is 0 Å². The van der Waals surface area contributed by atoms with Crippen molar-refractivity contribution in [1.82, 2.24) is 14.1 Å². The summed E-state index contributed by atoms with van der Waals surface area (Å²) in [6.45, 7) is 4.20. The van der Waals surface area contributed by atoms with Crippen molar-refractivity contribution < 1.29 is 22.3 Å². The molecule has 0 saturated carbocycles. The molecule has 4 rings (SSSR count). The first-order valence-corrected chi connectivity index (χ1v) is 12.8. The molecule has 0 aliphatic carbocycles. The molecule has 2 aromatic rings. The second-order valence-electron chi connectivity index (χ2n) is 8.21. The molecule has 2 saturated heterocycles. The van der Waals surface area contributed by atoms with Gasteiger partial charge in [0.05, 0.1) is 23.7 Å². The van der Waals surface area contributed by atoms with E-state index in [9.17, 15) is 17.6 Å². The number of carbonyl (C=O) groups excluding carboxylic acids is 1. The molecule has 0 atom stereocenters. The number of hydrogen-bond donors (Lipinski definition) is 0. The Kier molecular flexibility index (Phi) is 7.65. The van der Waals surface area contributed by atoms with Gasteiger partial charge in [-0.05, 0) is 42.3 Å². The first-order chi connectivity index (χ1) is 15.8. The van der Waals surface area contributed by atoms with E-state index < -0.39 is 21.7 Å². The average Bonchev–Trinajstić information content (AvgIpc) is 3.06. The molecular formula is C23H27ClFN3O4S. The molecule has 2 aliphatic heterocycles. The average molecular weight is 496 g/mol. The van der Waals surface area contributed by atoms with Crippen molar-refractivity contribution in [3.8, 4) is 0 Å². The van der Waals surface area contributed by atoms with Crippen LogP contribution in [-0.4, -0.2) is 80.9 Å². The molecule has 2 aliphatic rings. The van der Waals surface area contributed by atoms with Crippen LogP contribution in [0, 0.1) is 5.82 Å². The highest BCUT2D eigenvalue weighted by atomic mass is 35.5. The Morgan fingerprint density at radius 2 is 1.70 bits per heavy atom. The minimum Gasteiger partial charge on any atom is -0.379 e. The van der Waals surface area contributed by atoms with Crippen molar-refractivity contribution in [3.63, 3.8) is 0 Å².